The fourth-order valence-electron chi connectivity index (χ4n) is 3.35. The third kappa shape index (κ3) is 2.38. The summed E-state index contributed by atoms with van der Waals surface area (Å²) in [5.74, 6) is 0.244. The summed E-state index contributed by atoms with van der Waals surface area (Å²) in [5.41, 5.74) is 12.7. The average Bonchev–Trinajstić information content (AvgIpc) is 2.78. The maximum atomic E-state index is 6.05. The summed E-state index contributed by atoms with van der Waals surface area (Å²) in [4.78, 5) is 0. The van der Waals surface area contributed by atoms with Crippen LogP contribution in [0.4, 0.5) is 0 Å². The molecule has 2 N–H and O–H groups in total. The topological polar surface area (TPSA) is 43.8 Å². The molecule has 0 saturated carbocycles. The van der Waals surface area contributed by atoms with E-state index in [4.69, 9.17) is 5.73 Å². The molecule has 3 nitrogen and oxygen atoms in total. The SMILES string of the molecule is Cc1cc(C(CN)c2ccc3c(c2)CCCC3)n(C)n1. The number of hydrogen-bond donors (Lipinski definition) is 1. The van der Waals surface area contributed by atoms with Crippen LogP contribution in [-0.2, 0) is 19.9 Å². The van der Waals surface area contributed by atoms with E-state index >= 15 is 0 Å². The van der Waals surface area contributed by atoms with Crippen molar-refractivity contribution in [2.24, 2.45) is 12.8 Å². The van der Waals surface area contributed by atoms with Gasteiger partial charge >= 0.3 is 0 Å². The summed E-state index contributed by atoms with van der Waals surface area (Å²) in [5, 5.41) is 4.45. The number of fused-ring (bicyclic) bond motifs is 1. The van der Waals surface area contributed by atoms with Gasteiger partial charge in [0.05, 0.1) is 5.69 Å². The second-order valence-electron chi connectivity index (χ2n) is 5.86. The Bertz CT molecular complexity index is 613. The van der Waals surface area contributed by atoms with E-state index in [1.165, 1.54) is 48.1 Å². The Morgan fingerprint density at radius 1 is 1.20 bits per heavy atom. The fraction of sp³-hybridized carbons (Fsp3) is 0.471. The monoisotopic (exact) mass is 269 g/mol. The maximum absolute atomic E-state index is 6.05. The van der Waals surface area contributed by atoms with Gasteiger partial charge in [-0.05, 0) is 55.4 Å². The first-order valence-electron chi connectivity index (χ1n) is 7.51. The van der Waals surface area contributed by atoms with Crippen LogP contribution in [0.15, 0.2) is 24.3 Å². The lowest BCUT2D eigenvalue weighted by atomic mass is 9.86. The van der Waals surface area contributed by atoms with E-state index < -0.39 is 0 Å². The van der Waals surface area contributed by atoms with Crippen LogP contribution in [0, 0.1) is 6.92 Å². The smallest absolute Gasteiger partial charge is 0.0596 e. The van der Waals surface area contributed by atoms with Gasteiger partial charge in [-0.15, -0.1) is 0 Å². The van der Waals surface area contributed by atoms with Crippen molar-refractivity contribution in [1.82, 2.24) is 9.78 Å². The van der Waals surface area contributed by atoms with Gasteiger partial charge in [-0.1, -0.05) is 18.2 Å². The summed E-state index contributed by atoms with van der Waals surface area (Å²) in [6.45, 7) is 2.65. The maximum Gasteiger partial charge on any atom is 0.0596 e. The Morgan fingerprint density at radius 3 is 2.60 bits per heavy atom. The highest BCUT2D eigenvalue weighted by molar-refractivity contribution is 5.38. The normalized spacial score (nSPS) is 15.9. The Hall–Kier alpha value is -1.61. The van der Waals surface area contributed by atoms with Gasteiger partial charge in [0.1, 0.15) is 0 Å². The van der Waals surface area contributed by atoms with E-state index in [0.717, 1.165) is 5.69 Å². The van der Waals surface area contributed by atoms with E-state index in [0.29, 0.717) is 6.54 Å². The van der Waals surface area contributed by atoms with Gasteiger partial charge in [-0.3, -0.25) is 4.68 Å². The van der Waals surface area contributed by atoms with Gasteiger partial charge < -0.3 is 5.73 Å². The lowest BCUT2D eigenvalue weighted by Crippen LogP contribution is -2.17. The molecule has 0 aliphatic heterocycles. The first kappa shape index (κ1) is 13.4. The Labute approximate surface area is 120 Å². The summed E-state index contributed by atoms with van der Waals surface area (Å²) in [6.07, 6.45) is 5.08. The zero-order valence-corrected chi connectivity index (χ0v) is 12.4. The lowest BCUT2D eigenvalue weighted by Gasteiger charge is -2.21. The van der Waals surface area contributed by atoms with Crippen LogP contribution in [-0.4, -0.2) is 16.3 Å². The van der Waals surface area contributed by atoms with Crippen LogP contribution in [0.3, 0.4) is 0 Å². The molecule has 0 radical (unpaired) electrons. The number of nitrogens with zero attached hydrogens (tertiary/aromatic N) is 2. The van der Waals surface area contributed by atoms with Crippen LogP contribution >= 0.6 is 0 Å². The second-order valence-corrected chi connectivity index (χ2v) is 5.86. The molecule has 1 unspecified atom stereocenters. The highest BCUT2D eigenvalue weighted by Crippen LogP contribution is 2.29. The van der Waals surface area contributed by atoms with Crippen LogP contribution in [0.5, 0.6) is 0 Å². The van der Waals surface area contributed by atoms with Gasteiger partial charge in [0.15, 0.2) is 0 Å². The molecule has 1 atom stereocenters. The first-order valence-corrected chi connectivity index (χ1v) is 7.51. The molecule has 20 heavy (non-hydrogen) atoms. The molecular formula is C17H23N3. The highest BCUT2D eigenvalue weighted by atomic mass is 15.3. The quantitative estimate of drug-likeness (QED) is 0.931. The zero-order valence-electron chi connectivity index (χ0n) is 12.4. The van der Waals surface area contributed by atoms with E-state index in [2.05, 4.69) is 29.4 Å². The van der Waals surface area contributed by atoms with E-state index in [-0.39, 0.29) is 5.92 Å². The van der Waals surface area contributed by atoms with Crippen LogP contribution < -0.4 is 5.73 Å². The molecule has 0 saturated heterocycles. The molecule has 0 bridgehead atoms. The zero-order chi connectivity index (χ0) is 14.1. The van der Waals surface area contributed by atoms with Crippen molar-refractivity contribution in [3.05, 3.63) is 52.3 Å². The standard InChI is InChI=1S/C17H23N3/c1-12-9-17(20(2)19-12)16(11-18)15-8-7-13-5-3-4-6-14(13)10-15/h7-10,16H,3-6,11,18H2,1-2H3. The van der Waals surface area contributed by atoms with Crippen molar-refractivity contribution in [3.8, 4) is 0 Å². The van der Waals surface area contributed by atoms with Gasteiger partial charge in [0, 0.05) is 25.2 Å². The van der Waals surface area contributed by atoms with Crippen molar-refractivity contribution in [1.29, 1.82) is 0 Å². The Balaban J connectivity index is 1.99. The van der Waals surface area contributed by atoms with Gasteiger partial charge in [-0.2, -0.15) is 5.10 Å². The van der Waals surface area contributed by atoms with Gasteiger partial charge in [-0.25, -0.2) is 0 Å². The summed E-state index contributed by atoms with van der Waals surface area (Å²) in [7, 11) is 2.00. The van der Waals surface area contributed by atoms with Crippen LogP contribution in [0.2, 0.25) is 0 Å². The average molecular weight is 269 g/mol. The largest absolute Gasteiger partial charge is 0.329 e. The molecule has 0 fully saturated rings. The molecule has 0 amide bonds. The van der Waals surface area contributed by atoms with E-state index in [9.17, 15) is 0 Å². The molecular weight excluding hydrogens is 246 g/mol. The minimum atomic E-state index is 0.244. The van der Waals surface area contributed by atoms with Gasteiger partial charge in [0.2, 0.25) is 0 Å². The molecule has 1 aliphatic carbocycles. The molecule has 2 aromatic rings. The minimum Gasteiger partial charge on any atom is -0.329 e. The summed E-state index contributed by atoms with van der Waals surface area (Å²) < 4.78 is 1.96. The highest BCUT2D eigenvalue weighted by Gasteiger charge is 2.19. The van der Waals surface area contributed by atoms with Crippen molar-refractivity contribution in [2.45, 2.75) is 38.5 Å². The fourth-order valence-corrected chi connectivity index (χ4v) is 3.35. The Morgan fingerprint density at radius 2 is 1.95 bits per heavy atom. The number of rotatable bonds is 3. The predicted molar refractivity (Wildman–Crippen MR) is 81.9 cm³/mol. The van der Waals surface area contributed by atoms with Crippen molar-refractivity contribution >= 4 is 0 Å². The number of benzene rings is 1. The van der Waals surface area contributed by atoms with Crippen LogP contribution in [0.25, 0.3) is 0 Å². The lowest BCUT2D eigenvalue weighted by molar-refractivity contribution is 0.654. The number of aryl methyl sites for hydroxylation is 4. The number of nitrogens with two attached hydrogens (primary N) is 1. The number of hydrogen-bond acceptors (Lipinski definition) is 2. The second kappa shape index (κ2) is 5.41. The molecule has 3 rings (SSSR count). The summed E-state index contributed by atoms with van der Waals surface area (Å²) in [6, 6.07) is 9.07. The molecule has 1 aromatic carbocycles. The molecule has 106 valence electrons. The van der Waals surface area contributed by atoms with E-state index in [1.807, 2.05) is 18.7 Å². The Kier molecular flexibility index (Phi) is 3.62. The molecule has 3 heteroatoms. The first-order chi connectivity index (χ1) is 9.69. The van der Waals surface area contributed by atoms with Crippen molar-refractivity contribution in [2.75, 3.05) is 6.54 Å². The van der Waals surface area contributed by atoms with Crippen molar-refractivity contribution in [3.63, 3.8) is 0 Å². The predicted octanol–water partition coefficient (Wildman–Crippen LogP) is 2.70. The molecule has 1 heterocycles. The molecule has 1 aromatic heterocycles. The summed E-state index contributed by atoms with van der Waals surface area (Å²) >= 11 is 0. The number of aromatic nitrogens is 2. The molecule has 1 aliphatic rings. The third-order valence-corrected chi connectivity index (χ3v) is 4.41. The van der Waals surface area contributed by atoms with Gasteiger partial charge in [0.25, 0.3) is 0 Å². The minimum absolute atomic E-state index is 0.244. The third-order valence-electron chi connectivity index (χ3n) is 4.41. The van der Waals surface area contributed by atoms with E-state index in [1.54, 1.807) is 0 Å². The van der Waals surface area contributed by atoms with Crippen molar-refractivity contribution < 1.29 is 0 Å². The van der Waals surface area contributed by atoms with Crippen LogP contribution in [0.1, 0.15) is 46.8 Å². The molecule has 0 spiro atoms.